The van der Waals surface area contributed by atoms with Crippen molar-refractivity contribution in [1.82, 2.24) is 20.5 Å². The molecule has 3 rings (SSSR count). The Hall–Kier alpha value is -4.30. The van der Waals surface area contributed by atoms with Gasteiger partial charge < -0.3 is 34.7 Å². The van der Waals surface area contributed by atoms with Gasteiger partial charge in [-0.2, -0.15) is 0 Å². The molecule has 13 nitrogen and oxygen atoms in total. The monoisotopic (exact) mass is 610 g/mol. The van der Waals surface area contributed by atoms with E-state index in [2.05, 4.69) is 15.6 Å². The van der Waals surface area contributed by atoms with E-state index in [9.17, 15) is 29.1 Å². The second kappa shape index (κ2) is 14.9. The standard InChI is InChI=1S/C30H39BN4O9/c1-18(2)15-23(31-43-25(38)17-30(44-31,29(41)42-6)16-24(37)35(4)5)33-28(40)26(19(3)36)34-27(39)22-14-10-13-21(32-22)20-11-8-7-9-12-20/h7-14,18-19,23,26,36H,15-17H2,1-6H3,(H,33,40)(H,34,39)/t19-,23+,26+,30+/m1/s1. The number of esters is 1. The number of benzene rings is 1. The largest absolute Gasteiger partial charge is 0.552 e. The molecule has 0 spiro atoms. The van der Waals surface area contributed by atoms with Gasteiger partial charge in [-0.05, 0) is 31.4 Å². The third kappa shape index (κ3) is 8.63. The number of aromatic nitrogens is 1. The van der Waals surface area contributed by atoms with Crippen LogP contribution in [0.4, 0.5) is 0 Å². The van der Waals surface area contributed by atoms with E-state index in [1.54, 1.807) is 12.1 Å². The van der Waals surface area contributed by atoms with Gasteiger partial charge in [-0.15, -0.1) is 0 Å². The molecule has 3 N–H and O–H groups in total. The normalized spacial score (nSPS) is 18.5. The van der Waals surface area contributed by atoms with Gasteiger partial charge in [-0.25, -0.2) is 9.78 Å². The highest BCUT2D eigenvalue weighted by molar-refractivity contribution is 6.50. The maximum absolute atomic E-state index is 13.5. The number of rotatable bonds is 12. The number of hydrogen-bond donors (Lipinski definition) is 3. The Labute approximate surface area is 256 Å². The Balaban J connectivity index is 1.84. The van der Waals surface area contributed by atoms with Crippen LogP contribution in [0.3, 0.4) is 0 Å². The molecule has 1 fully saturated rings. The van der Waals surface area contributed by atoms with Crippen molar-refractivity contribution < 1.29 is 43.1 Å². The number of carbonyl (C=O) groups excluding carboxylic acids is 5. The van der Waals surface area contributed by atoms with E-state index < -0.39 is 73.3 Å². The summed E-state index contributed by atoms with van der Waals surface area (Å²) in [7, 11) is 2.61. The van der Waals surface area contributed by atoms with Gasteiger partial charge in [-0.3, -0.25) is 19.2 Å². The molecular formula is C30H39BN4O9. The lowest BCUT2D eigenvalue weighted by atomic mass is 9.70. The van der Waals surface area contributed by atoms with Crippen molar-refractivity contribution in [3.63, 3.8) is 0 Å². The van der Waals surface area contributed by atoms with Crippen molar-refractivity contribution in [1.29, 1.82) is 0 Å². The lowest BCUT2D eigenvalue weighted by Crippen LogP contribution is -2.64. The van der Waals surface area contributed by atoms with Crippen LogP contribution in [0.15, 0.2) is 48.5 Å². The first kappa shape index (κ1) is 34.2. The average Bonchev–Trinajstić information content (AvgIpc) is 2.98. The van der Waals surface area contributed by atoms with Gasteiger partial charge in [-0.1, -0.05) is 50.2 Å². The minimum absolute atomic E-state index is 0.0292. The molecule has 1 aliphatic rings. The van der Waals surface area contributed by atoms with Crippen LogP contribution >= 0.6 is 0 Å². The molecule has 236 valence electrons. The predicted molar refractivity (Wildman–Crippen MR) is 160 cm³/mol. The van der Waals surface area contributed by atoms with Crippen LogP contribution < -0.4 is 10.6 Å². The molecule has 2 aromatic rings. The summed E-state index contributed by atoms with van der Waals surface area (Å²) in [5, 5.41) is 15.7. The first-order valence-electron chi connectivity index (χ1n) is 14.2. The Morgan fingerprint density at radius 2 is 1.75 bits per heavy atom. The number of nitrogens with zero attached hydrogens (tertiary/aromatic N) is 2. The number of ether oxygens (including phenoxy) is 1. The van der Waals surface area contributed by atoms with Gasteiger partial charge in [0.2, 0.25) is 11.8 Å². The number of hydrogen-bond acceptors (Lipinski definition) is 10. The fourth-order valence-corrected chi connectivity index (χ4v) is 4.71. The molecule has 1 aromatic carbocycles. The summed E-state index contributed by atoms with van der Waals surface area (Å²) in [6, 6.07) is 12.7. The quantitative estimate of drug-likeness (QED) is 0.234. The fraction of sp³-hybridized carbons (Fsp3) is 0.467. The third-order valence-corrected chi connectivity index (χ3v) is 7.00. The molecule has 0 radical (unpaired) electrons. The van der Waals surface area contributed by atoms with Crippen LogP contribution in [0.5, 0.6) is 0 Å². The summed E-state index contributed by atoms with van der Waals surface area (Å²) in [5.74, 6) is -4.84. The molecule has 0 saturated carbocycles. The zero-order valence-corrected chi connectivity index (χ0v) is 25.7. The van der Waals surface area contributed by atoms with Crippen LogP contribution in [0, 0.1) is 5.92 Å². The molecule has 1 saturated heterocycles. The Bertz CT molecular complexity index is 1360. The van der Waals surface area contributed by atoms with E-state index in [1.165, 1.54) is 32.0 Å². The molecule has 1 aromatic heterocycles. The number of carbonyl (C=O) groups is 5. The average molecular weight is 610 g/mol. The van der Waals surface area contributed by atoms with Gasteiger partial charge in [0.25, 0.3) is 11.9 Å². The van der Waals surface area contributed by atoms with E-state index in [-0.39, 0.29) is 18.0 Å². The molecule has 3 amide bonds. The second-order valence-electron chi connectivity index (χ2n) is 11.3. The lowest BCUT2D eigenvalue weighted by molar-refractivity contribution is -0.176. The predicted octanol–water partition coefficient (Wildman–Crippen LogP) is 1.14. The summed E-state index contributed by atoms with van der Waals surface area (Å²) in [6.45, 7) is 5.04. The number of methoxy groups -OCH3 is 1. The molecule has 0 aliphatic carbocycles. The molecule has 2 heterocycles. The fourth-order valence-electron chi connectivity index (χ4n) is 4.71. The SMILES string of the molecule is COC(=O)[C@]1(CC(=O)N(C)C)CC(=O)OB([C@H](CC(C)C)NC(=O)[C@@H](NC(=O)c2cccc(-c3ccccc3)n2)[C@@H](C)O)O1. The maximum Gasteiger partial charge on any atom is 0.552 e. The maximum atomic E-state index is 13.5. The van der Waals surface area contributed by atoms with E-state index in [0.29, 0.717) is 5.69 Å². The smallest absolute Gasteiger partial charge is 0.508 e. The van der Waals surface area contributed by atoms with E-state index in [4.69, 9.17) is 14.0 Å². The minimum Gasteiger partial charge on any atom is -0.508 e. The van der Waals surface area contributed by atoms with Crippen molar-refractivity contribution in [3.8, 4) is 11.3 Å². The zero-order chi connectivity index (χ0) is 32.6. The highest BCUT2D eigenvalue weighted by atomic mass is 16.7. The highest BCUT2D eigenvalue weighted by Gasteiger charge is 2.55. The molecule has 1 aliphatic heterocycles. The summed E-state index contributed by atoms with van der Waals surface area (Å²) in [6.07, 6.45) is -2.19. The number of amides is 3. The van der Waals surface area contributed by atoms with Crippen LogP contribution in [0.2, 0.25) is 0 Å². The lowest BCUT2D eigenvalue weighted by Gasteiger charge is -2.39. The number of aliphatic hydroxyl groups excluding tert-OH is 1. The topological polar surface area (TPSA) is 173 Å². The van der Waals surface area contributed by atoms with E-state index in [1.807, 2.05) is 44.2 Å². The van der Waals surface area contributed by atoms with Gasteiger partial charge in [0, 0.05) is 19.7 Å². The zero-order valence-electron chi connectivity index (χ0n) is 25.7. The Morgan fingerprint density at radius 3 is 2.34 bits per heavy atom. The number of aliphatic hydroxyl groups is 1. The van der Waals surface area contributed by atoms with Crippen molar-refractivity contribution in [2.24, 2.45) is 5.92 Å². The molecule has 44 heavy (non-hydrogen) atoms. The van der Waals surface area contributed by atoms with Crippen LogP contribution in [0.25, 0.3) is 11.3 Å². The van der Waals surface area contributed by atoms with Crippen molar-refractivity contribution in [2.45, 2.75) is 63.7 Å². The first-order valence-corrected chi connectivity index (χ1v) is 14.2. The number of nitrogens with one attached hydrogen (secondary N) is 2. The van der Waals surface area contributed by atoms with E-state index >= 15 is 0 Å². The van der Waals surface area contributed by atoms with Gasteiger partial charge in [0.05, 0.1) is 37.7 Å². The summed E-state index contributed by atoms with van der Waals surface area (Å²) in [4.78, 5) is 70.6. The number of pyridine rings is 1. The van der Waals surface area contributed by atoms with Crippen molar-refractivity contribution in [3.05, 3.63) is 54.2 Å². The molecule has 0 bridgehead atoms. The Morgan fingerprint density at radius 1 is 1.07 bits per heavy atom. The molecule has 14 heteroatoms. The first-order chi connectivity index (χ1) is 20.8. The summed E-state index contributed by atoms with van der Waals surface area (Å²) < 4.78 is 16.3. The molecule has 0 unspecified atom stereocenters. The Kier molecular flexibility index (Phi) is 11.6. The van der Waals surface area contributed by atoms with Crippen LogP contribution in [-0.4, -0.2) is 96.7 Å². The minimum atomic E-state index is -1.98. The third-order valence-electron chi connectivity index (χ3n) is 7.00. The second-order valence-corrected chi connectivity index (χ2v) is 11.3. The summed E-state index contributed by atoms with van der Waals surface area (Å²) in [5.41, 5.74) is -0.614. The van der Waals surface area contributed by atoms with Crippen LogP contribution in [-0.2, 0) is 33.2 Å². The van der Waals surface area contributed by atoms with Crippen molar-refractivity contribution >= 4 is 36.8 Å². The highest BCUT2D eigenvalue weighted by Crippen LogP contribution is 2.31. The van der Waals surface area contributed by atoms with Gasteiger partial charge in [0.15, 0.2) is 5.60 Å². The van der Waals surface area contributed by atoms with E-state index in [0.717, 1.165) is 12.7 Å². The van der Waals surface area contributed by atoms with Crippen molar-refractivity contribution in [2.75, 3.05) is 21.2 Å². The molecular weight excluding hydrogens is 571 g/mol. The van der Waals surface area contributed by atoms with Gasteiger partial charge in [0.1, 0.15) is 11.7 Å². The summed E-state index contributed by atoms with van der Waals surface area (Å²) >= 11 is 0. The molecule has 4 atom stereocenters. The van der Waals surface area contributed by atoms with Gasteiger partial charge >= 0.3 is 13.1 Å². The van der Waals surface area contributed by atoms with Crippen LogP contribution in [0.1, 0.15) is 50.5 Å².